The number of ether oxygens (including phenoxy) is 1. The molecule has 1 N–H and O–H groups in total. The molecule has 3 fully saturated rings. The van der Waals surface area contributed by atoms with Gasteiger partial charge in [-0.15, -0.1) is 0 Å². The van der Waals surface area contributed by atoms with Crippen LogP contribution in [-0.4, -0.2) is 46.0 Å². The van der Waals surface area contributed by atoms with Crippen molar-refractivity contribution in [2.75, 3.05) is 25.0 Å². The number of morpholine rings is 1. The summed E-state index contributed by atoms with van der Waals surface area (Å²) in [6.07, 6.45) is 8.24. The van der Waals surface area contributed by atoms with Gasteiger partial charge < -0.3 is 15.0 Å². The third-order valence-corrected chi connectivity index (χ3v) is 6.57. The number of aromatic nitrogens is 2. The van der Waals surface area contributed by atoms with Crippen LogP contribution in [0.25, 0.3) is 5.69 Å². The largest absolute Gasteiger partial charge is 0.371 e. The van der Waals surface area contributed by atoms with Crippen LogP contribution in [0.4, 0.5) is 14.9 Å². The summed E-state index contributed by atoms with van der Waals surface area (Å²) < 4.78 is 22.2. The summed E-state index contributed by atoms with van der Waals surface area (Å²) in [5.41, 5.74) is 1.60. The Morgan fingerprint density at radius 3 is 2.96 bits per heavy atom. The molecule has 2 aliphatic carbocycles. The smallest absolute Gasteiger partial charge is 0.322 e. The highest BCUT2D eigenvalue weighted by Crippen LogP contribution is 2.53. The minimum Gasteiger partial charge on any atom is -0.371 e. The second-order valence-electron chi connectivity index (χ2n) is 8.47. The second-order valence-corrected chi connectivity index (χ2v) is 8.47. The van der Waals surface area contributed by atoms with E-state index < -0.39 is 5.82 Å². The molecule has 2 bridgehead atoms. The summed E-state index contributed by atoms with van der Waals surface area (Å²) in [6.45, 7) is 3.68. The molecular formula is C21H25FN4O2. The third-order valence-electron chi connectivity index (χ3n) is 6.57. The molecule has 3 aliphatic rings. The third kappa shape index (κ3) is 2.98. The molecule has 1 spiro atoms. The molecule has 2 heterocycles. The van der Waals surface area contributed by atoms with Crippen LogP contribution in [0.15, 0.2) is 30.6 Å². The van der Waals surface area contributed by atoms with Crippen LogP contribution in [0.3, 0.4) is 0 Å². The number of amides is 2. The number of carbonyl (C=O) groups excluding carboxylic acids is 1. The predicted molar refractivity (Wildman–Crippen MR) is 103 cm³/mol. The van der Waals surface area contributed by atoms with Gasteiger partial charge in [0.1, 0.15) is 5.69 Å². The van der Waals surface area contributed by atoms with E-state index in [4.69, 9.17) is 4.74 Å². The highest BCUT2D eigenvalue weighted by atomic mass is 19.1. The van der Waals surface area contributed by atoms with Gasteiger partial charge >= 0.3 is 6.03 Å². The Kier molecular flexibility index (Phi) is 4.16. The summed E-state index contributed by atoms with van der Waals surface area (Å²) in [4.78, 5) is 14.6. The van der Waals surface area contributed by atoms with E-state index >= 15 is 0 Å². The zero-order valence-electron chi connectivity index (χ0n) is 16.0. The van der Waals surface area contributed by atoms with Crippen LogP contribution in [0, 0.1) is 24.6 Å². The van der Waals surface area contributed by atoms with E-state index in [1.807, 2.05) is 11.8 Å². The van der Waals surface area contributed by atoms with Crippen LogP contribution in [0.1, 0.15) is 31.2 Å². The van der Waals surface area contributed by atoms with Crippen LogP contribution in [0.5, 0.6) is 0 Å². The lowest BCUT2D eigenvalue weighted by Gasteiger charge is -2.45. The normalized spacial score (nSPS) is 28.9. The molecule has 6 nitrogen and oxygen atoms in total. The van der Waals surface area contributed by atoms with Crippen molar-refractivity contribution in [3.8, 4) is 5.69 Å². The maximum atomic E-state index is 14.5. The van der Waals surface area contributed by atoms with E-state index in [0.29, 0.717) is 37.0 Å². The molecule has 3 unspecified atom stereocenters. The van der Waals surface area contributed by atoms with Gasteiger partial charge in [0, 0.05) is 18.4 Å². The minimum atomic E-state index is -0.424. The summed E-state index contributed by atoms with van der Waals surface area (Å²) in [5, 5.41) is 6.99. The highest BCUT2D eigenvalue weighted by Gasteiger charge is 2.54. The molecule has 1 aromatic heterocycles. The topological polar surface area (TPSA) is 59.4 Å². The number of anilines is 1. The van der Waals surface area contributed by atoms with Crippen LogP contribution < -0.4 is 5.32 Å². The van der Waals surface area contributed by atoms with Gasteiger partial charge in [0.2, 0.25) is 0 Å². The van der Waals surface area contributed by atoms with Crippen molar-refractivity contribution in [2.24, 2.45) is 11.8 Å². The van der Waals surface area contributed by atoms with E-state index in [0.717, 1.165) is 17.9 Å². The Morgan fingerprint density at radius 2 is 2.29 bits per heavy atom. The number of urea groups is 1. The summed E-state index contributed by atoms with van der Waals surface area (Å²) in [5.74, 6) is 0.899. The zero-order chi connectivity index (χ0) is 19.3. The van der Waals surface area contributed by atoms with E-state index in [-0.39, 0.29) is 11.6 Å². The number of halogens is 1. The number of rotatable bonds is 2. The standard InChI is InChI=1S/C21H25FN4O2/c1-14-11-23-26(12-14)19-5-4-17(9-18(19)22)24-20(27)25-6-7-28-21(13-25)10-15-2-3-16(21)8-15/h4-5,9,11-12,15-16H,2-3,6-8,10,13H2,1H3,(H,24,27). The highest BCUT2D eigenvalue weighted by molar-refractivity contribution is 5.89. The molecule has 28 heavy (non-hydrogen) atoms. The Balaban J connectivity index is 1.28. The molecule has 1 aliphatic heterocycles. The summed E-state index contributed by atoms with van der Waals surface area (Å²) in [6, 6.07) is 4.50. The second kappa shape index (κ2) is 6.58. The predicted octanol–water partition coefficient (Wildman–Crippen LogP) is 3.74. The molecule has 5 rings (SSSR count). The fourth-order valence-electron chi connectivity index (χ4n) is 5.26. The average molecular weight is 384 g/mol. The lowest BCUT2D eigenvalue weighted by molar-refractivity contribution is -0.126. The number of fused-ring (bicyclic) bond motifs is 3. The number of nitrogens with zero attached hydrogens (tertiary/aromatic N) is 3. The molecule has 1 aromatic carbocycles. The van der Waals surface area contributed by atoms with Crippen molar-refractivity contribution >= 4 is 11.7 Å². The Hall–Kier alpha value is -2.41. The molecule has 0 radical (unpaired) electrons. The van der Waals surface area contributed by atoms with E-state index in [9.17, 15) is 9.18 Å². The van der Waals surface area contributed by atoms with E-state index in [2.05, 4.69) is 10.4 Å². The first kappa shape index (κ1) is 17.7. The average Bonchev–Trinajstić information content (AvgIpc) is 3.38. The Morgan fingerprint density at radius 1 is 1.39 bits per heavy atom. The maximum absolute atomic E-state index is 14.5. The first-order valence-electron chi connectivity index (χ1n) is 10.0. The van der Waals surface area contributed by atoms with Gasteiger partial charge in [0.05, 0.1) is 24.9 Å². The van der Waals surface area contributed by atoms with Gasteiger partial charge in [-0.1, -0.05) is 0 Å². The number of carbonyl (C=O) groups is 1. The van der Waals surface area contributed by atoms with Crippen molar-refractivity contribution in [2.45, 2.75) is 38.2 Å². The number of aryl methyl sites for hydroxylation is 1. The van der Waals surface area contributed by atoms with Crippen molar-refractivity contribution in [3.05, 3.63) is 42.0 Å². The molecule has 7 heteroatoms. The van der Waals surface area contributed by atoms with Gasteiger partial charge in [-0.2, -0.15) is 5.10 Å². The molecular weight excluding hydrogens is 359 g/mol. The van der Waals surface area contributed by atoms with Crippen molar-refractivity contribution < 1.29 is 13.9 Å². The molecule has 2 saturated carbocycles. The summed E-state index contributed by atoms with van der Waals surface area (Å²) >= 11 is 0. The molecule has 148 valence electrons. The van der Waals surface area contributed by atoms with Gasteiger partial charge in [-0.3, -0.25) is 0 Å². The maximum Gasteiger partial charge on any atom is 0.322 e. The SMILES string of the molecule is Cc1cnn(-c2ccc(NC(=O)N3CCOC4(CC5CCC4C5)C3)cc2F)c1. The Bertz CT molecular complexity index is 914. The zero-order valence-corrected chi connectivity index (χ0v) is 16.0. The number of benzene rings is 1. The fourth-order valence-corrected chi connectivity index (χ4v) is 5.26. The van der Waals surface area contributed by atoms with Crippen molar-refractivity contribution in [1.82, 2.24) is 14.7 Å². The van der Waals surface area contributed by atoms with Crippen LogP contribution in [-0.2, 0) is 4.74 Å². The minimum absolute atomic E-state index is 0.161. The molecule has 2 aromatic rings. The van der Waals surface area contributed by atoms with Crippen molar-refractivity contribution in [3.63, 3.8) is 0 Å². The van der Waals surface area contributed by atoms with Gasteiger partial charge in [-0.05, 0) is 68.2 Å². The quantitative estimate of drug-likeness (QED) is 0.858. The number of hydrogen-bond donors (Lipinski definition) is 1. The first-order chi connectivity index (χ1) is 13.5. The lowest BCUT2D eigenvalue weighted by Crippen LogP contribution is -2.57. The van der Waals surface area contributed by atoms with Gasteiger partial charge in [-0.25, -0.2) is 13.9 Å². The number of nitrogens with one attached hydrogen (secondary N) is 1. The van der Waals surface area contributed by atoms with E-state index in [1.165, 1.54) is 30.0 Å². The Labute approximate surface area is 163 Å². The molecule has 1 saturated heterocycles. The van der Waals surface area contributed by atoms with E-state index in [1.54, 1.807) is 24.5 Å². The fraction of sp³-hybridized carbons (Fsp3) is 0.524. The monoisotopic (exact) mass is 384 g/mol. The lowest BCUT2D eigenvalue weighted by atomic mass is 9.83. The summed E-state index contributed by atoms with van der Waals surface area (Å²) in [7, 11) is 0. The first-order valence-corrected chi connectivity index (χ1v) is 10.0. The van der Waals surface area contributed by atoms with Crippen LogP contribution in [0.2, 0.25) is 0 Å². The number of hydrogen-bond acceptors (Lipinski definition) is 3. The molecule has 2 amide bonds. The molecule has 3 atom stereocenters. The van der Waals surface area contributed by atoms with Gasteiger partial charge in [0.15, 0.2) is 5.82 Å². The van der Waals surface area contributed by atoms with Gasteiger partial charge in [0.25, 0.3) is 0 Å². The van der Waals surface area contributed by atoms with Crippen molar-refractivity contribution in [1.29, 1.82) is 0 Å². The van der Waals surface area contributed by atoms with Crippen LogP contribution >= 0.6 is 0 Å².